The maximum atomic E-state index is 14.2. The molecule has 1 aliphatic carbocycles. The first-order valence-corrected chi connectivity index (χ1v) is 24.7. The van der Waals surface area contributed by atoms with E-state index in [1.807, 2.05) is 44.4 Å². The normalized spacial score (nSPS) is 21.8. The standard InChI is InChI=1S/C50H59N13O9/c1-5-61-38(17-27(3)57-61)46(66)55-49-53-36-19-30(44(51)64)21-40-42(36)59(49)15-7-8-16-60-43-37(54-50(60)56-47(67)39-18-28(4)58-62(39)6-2)20-31(45(65)52-32-11-9-29(10-12-32)48(68)69)22-41(43)72-26-35(25-71-40)63-33-13-14-34(63)24-70-23-33/h7-8,17-22,29,32-35H,5-6,9-16,23-26H2,1-4H3,(H2,51,64)(H,52,65)(H,68,69)(H,53,55,66)(H,54,56,67)/b8-7+/t29?,32?,33?,34?,35-/m0/s1. The molecule has 22 nitrogen and oxygen atoms in total. The van der Waals surface area contributed by atoms with E-state index in [1.165, 1.54) is 0 Å². The number of aliphatic carboxylic acids is 1. The molecule has 0 spiro atoms. The fraction of sp³-hybridized carbons (Fsp3) is 0.460. The van der Waals surface area contributed by atoms with Crippen molar-refractivity contribution in [3.8, 4) is 11.5 Å². The minimum Gasteiger partial charge on any atom is -0.490 e. The number of carbonyl (C=O) groups is 5. The number of benzene rings is 2. The predicted octanol–water partition coefficient (Wildman–Crippen LogP) is 4.67. The van der Waals surface area contributed by atoms with Crippen molar-refractivity contribution in [1.82, 2.24) is 48.9 Å². The van der Waals surface area contributed by atoms with Crippen LogP contribution in [0.25, 0.3) is 22.1 Å². The number of ether oxygens (including phenoxy) is 3. The van der Waals surface area contributed by atoms with Gasteiger partial charge in [-0.05, 0) is 103 Å². The minimum atomic E-state index is -0.829. The molecule has 1 saturated carbocycles. The van der Waals surface area contributed by atoms with Crippen LogP contribution in [-0.4, -0.2) is 129 Å². The van der Waals surface area contributed by atoms with Gasteiger partial charge in [-0.25, -0.2) is 9.97 Å². The second-order valence-corrected chi connectivity index (χ2v) is 19.0. The number of anilines is 2. The molecule has 3 atom stereocenters. The molecule has 3 fully saturated rings. The number of carboxylic acid groups (broad SMARTS) is 1. The lowest BCUT2D eigenvalue weighted by molar-refractivity contribution is -0.142. The molecule has 2 bridgehead atoms. The number of carboxylic acids is 1. The Kier molecular flexibility index (Phi) is 13.3. The number of allylic oxidation sites excluding steroid dienone is 2. The van der Waals surface area contributed by atoms with Crippen molar-refractivity contribution >= 4 is 63.6 Å². The Morgan fingerprint density at radius 1 is 0.653 bits per heavy atom. The molecule has 378 valence electrons. The first-order chi connectivity index (χ1) is 34.8. The van der Waals surface area contributed by atoms with Gasteiger partial charge in [0.05, 0.1) is 47.6 Å². The van der Waals surface area contributed by atoms with Crippen molar-refractivity contribution < 1.29 is 43.3 Å². The van der Waals surface area contributed by atoms with E-state index in [2.05, 4.69) is 31.0 Å². The van der Waals surface area contributed by atoms with Gasteiger partial charge in [0.2, 0.25) is 17.8 Å². The molecule has 6 N–H and O–H groups in total. The van der Waals surface area contributed by atoms with Gasteiger partial charge in [0.15, 0.2) is 0 Å². The first kappa shape index (κ1) is 48.1. The van der Waals surface area contributed by atoms with Gasteiger partial charge in [0.25, 0.3) is 17.7 Å². The van der Waals surface area contributed by atoms with Gasteiger partial charge in [0, 0.05) is 55.4 Å². The van der Waals surface area contributed by atoms with Crippen LogP contribution >= 0.6 is 0 Å². The lowest BCUT2D eigenvalue weighted by Crippen LogP contribution is -2.55. The predicted molar refractivity (Wildman–Crippen MR) is 263 cm³/mol. The van der Waals surface area contributed by atoms with Crippen LogP contribution < -0.4 is 31.2 Å². The summed E-state index contributed by atoms with van der Waals surface area (Å²) in [6.07, 6.45) is 7.53. The highest BCUT2D eigenvalue weighted by Crippen LogP contribution is 2.37. The smallest absolute Gasteiger partial charge is 0.306 e. The molecule has 4 amide bonds. The van der Waals surface area contributed by atoms with E-state index in [0.29, 0.717) is 108 Å². The van der Waals surface area contributed by atoms with Crippen molar-refractivity contribution in [3.05, 3.63) is 82.5 Å². The number of fused-ring (bicyclic) bond motifs is 2. The zero-order valence-electron chi connectivity index (χ0n) is 40.7. The number of amides is 4. The molecule has 4 aliphatic rings. The number of primary amides is 1. The second kappa shape index (κ2) is 19.9. The quantitative estimate of drug-likeness (QED) is 0.111. The number of imidazole rings is 2. The molecule has 72 heavy (non-hydrogen) atoms. The summed E-state index contributed by atoms with van der Waals surface area (Å²) in [5.41, 5.74) is 10.2. The second-order valence-electron chi connectivity index (χ2n) is 19.0. The molecular formula is C50H59N13O9. The van der Waals surface area contributed by atoms with E-state index in [4.69, 9.17) is 29.9 Å². The third-order valence-electron chi connectivity index (χ3n) is 14.2. The Bertz CT molecular complexity index is 3120. The highest BCUT2D eigenvalue weighted by atomic mass is 16.5. The molecule has 0 radical (unpaired) electrons. The minimum absolute atomic E-state index is 0.0673. The molecule has 7 heterocycles. The third-order valence-corrected chi connectivity index (χ3v) is 14.2. The summed E-state index contributed by atoms with van der Waals surface area (Å²) in [4.78, 5) is 79.2. The average molecular weight is 986 g/mol. The molecule has 2 aromatic carbocycles. The van der Waals surface area contributed by atoms with Crippen molar-refractivity contribution in [2.24, 2.45) is 11.7 Å². The lowest BCUT2D eigenvalue weighted by Gasteiger charge is -2.40. The Morgan fingerprint density at radius 3 is 1.64 bits per heavy atom. The van der Waals surface area contributed by atoms with E-state index in [1.54, 1.807) is 50.3 Å². The first-order valence-electron chi connectivity index (χ1n) is 24.7. The van der Waals surface area contributed by atoms with E-state index in [0.717, 1.165) is 12.8 Å². The fourth-order valence-corrected chi connectivity index (χ4v) is 10.7. The Morgan fingerprint density at radius 2 is 1.15 bits per heavy atom. The van der Waals surface area contributed by atoms with Crippen LogP contribution in [0, 0.1) is 19.8 Å². The summed E-state index contributed by atoms with van der Waals surface area (Å²) >= 11 is 0. The van der Waals surface area contributed by atoms with Crippen LogP contribution in [-0.2, 0) is 35.7 Å². The van der Waals surface area contributed by atoms with Crippen LogP contribution in [0.5, 0.6) is 11.5 Å². The van der Waals surface area contributed by atoms with Crippen LogP contribution in [0.1, 0.15) is 105 Å². The Hall–Kier alpha value is -7.59. The van der Waals surface area contributed by atoms with Gasteiger partial charge in [-0.2, -0.15) is 10.2 Å². The topological polar surface area (TPSA) is 270 Å². The maximum Gasteiger partial charge on any atom is 0.306 e. The highest BCUT2D eigenvalue weighted by molar-refractivity contribution is 6.05. The zero-order chi connectivity index (χ0) is 50.4. The van der Waals surface area contributed by atoms with Crippen molar-refractivity contribution in [1.29, 1.82) is 0 Å². The summed E-state index contributed by atoms with van der Waals surface area (Å²) in [6, 6.07) is 9.44. The number of rotatable bonds is 11. The third kappa shape index (κ3) is 9.38. The van der Waals surface area contributed by atoms with Gasteiger partial charge in [0.1, 0.15) is 47.1 Å². The maximum absolute atomic E-state index is 14.2. The van der Waals surface area contributed by atoms with Crippen molar-refractivity contribution in [2.75, 3.05) is 37.1 Å². The van der Waals surface area contributed by atoms with Gasteiger partial charge >= 0.3 is 5.97 Å². The highest BCUT2D eigenvalue weighted by Gasteiger charge is 2.42. The molecule has 2 saturated heterocycles. The fourth-order valence-electron chi connectivity index (χ4n) is 10.7. The van der Waals surface area contributed by atoms with Gasteiger partial charge in [-0.15, -0.1) is 0 Å². The summed E-state index contributed by atoms with van der Waals surface area (Å²) < 4.78 is 26.6. The van der Waals surface area contributed by atoms with E-state index in [9.17, 15) is 29.1 Å². The van der Waals surface area contributed by atoms with Crippen LogP contribution in [0.2, 0.25) is 0 Å². The van der Waals surface area contributed by atoms with Crippen LogP contribution in [0.3, 0.4) is 0 Å². The number of nitrogens with one attached hydrogen (secondary N) is 3. The SMILES string of the molecule is CCn1nc(C)cc1C(=O)Nc1nc2cc(C(N)=O)cc3c2n1C/C=C/Cn1c(NC(=O)c2cc(C)nn2CC)nc2cc(C(=O)NC4CCC(C(=O)O)CC4)cc(c21)OC[C@@H](N1C2CCC1COC2)CO3. The summed E-state index contributed by atoms with van der Waals surface area (Å²) in [6.45, 7) is 9.86. The number of hydrogen-bond acceptors (Lipinski definition) is 13. The van der Waals surface area contributed by atoms with Crippen LogP contribution in [0.4, 0.5) is 11.9 Å². The van der Waals surface area contributed by atoms with E-state index < -0.39 is 35.7 Å². The molecule has 3 aliphatic heterocycles. The Balaban J connectivity index is 1.09. The molecular weight excluding hydrogens is 927 g/mol. The molecule has 6 aromatic rings. The number of morpholine rings is 1. The zero-order valence-corrected chi connectivity index (χ0v) is 40.7. The average Bonchev–Trinajstić information content (AvgIpc) is 4.17. The number of aromatic nitrogens is 8. The largest absolute Gasteiger partial charge is 0.490 e. The number of aryl methyl sites for hydroxylation is 4. The number of nitrogens with two attached hydrogens (primary N) is 1. The van der Waals surface area contributed by atoms with Gasteiger partial charge < -0.3 is 39.5 Å². The summed E-state index contributed by atoms with van der Waals surface area (Å²) in [7, 11) is 0. The van der Waals surface area contributed by atoms with Crippen molar-refractivity contribution in [3.63, 3.8) is 0 Å². The number of hydrogen-bond donors (Lipinski definition) is 5. The summed E-state index contributed by atoms with van der Waals surface area (Å²) in [5, 5.41) is 27.7. The molecule has 4 aromatic heterocycles. The number of carbonyl (C=O) groups excluding carboxylic acids is 4. The lowest BCUT2D eigenvalue weighted by atomic mass is 9.86. The van der Waals surface area contributed by atoms with Gasteiger partial charge in [-0.1, -0.05) is 12.2 Å². The number of nitrogens with zero attached hydrogens (tertiary/aromatic N) is 9. The summed E-state index contributed by atoms with van der Waals surface area (Å²) in [5.74, 6) is -2.16. The molecule has 2 unspecified atom stereocenters. The monoisotopic (exact) mass is 985 g/mol. The van der Waals surface area contributed by atoms with Gasteiger partial charge in [-0.3, -0.25) is 48.9 Å². The van der Waals surface area contributed by atoms with E-state index in [-0.39, 0.29) is 73.4 Å². The molecule has 10 rings (SSSR count). The van der Waals surface area contributed by atoms with E-state index >= 15 is 0 Å². The van der Waals surface area contributed by atoms with Crippen molar-refractivity contribution in [2.45, 2.75) is 117 Å². The van der Waals surface area contributed by atoms with Crippen LogP contribution in [0.15, 0.2) is 48.6 Å². The molecule has 22 heteroatoms. The Labute approximate surface area is 413 Å².